The normalized spacial score (nSPS) is 16.7. The van der Waals surface area contributed by atoms with Gasteiger partial charge < -0.3 is 0 Å². The van der Waals surface area contributed by atoms with Crippen LogP contribution in [-0.2, 0) is 10.8 Å². The summed E-state index contributed by atoms with van der Waals surface area (Å²) in [6.45, 7) is 16.0. The number of aromatic nitrogens is 2. The summed E-state index contributed by atoms with van der Waals surface area (Å²) in [5.74, 6) is -0.423. The number of halogens is 2. The molecule has 1 radical (unpaired) electrons. The fourth-order valence-electron chi connectivity index (χ4n) is 13.3. The third-order valence-corrected chi connectivity index (χ3v) is 39.8. The Morgan fingerprint density at radius 3 is 1.46 bits per heavy atom. The summed E-state index contributed by atoms with van der Waals surface area (Å²) in [6, 6.07) is 2.45. The Labute approximate surface area is 442 Å². The van der Waals surface area contributed by atoms with Crippen molar-refractivity contribution in [1.82, 2.24) is 7.96 Å². The standard InChI is InChI=1S/C44H55F2N4Se2.3C4H9.3CH3.2Sn/c1-5-9-13-17-25-43(26-18-14-10-6-2)29-21-23-31(47)41(48-51)33(29)35-37(43)40(46)36-34-30(22-24-32-42(34)50-52-49-32)44(38(36)39(35)45,27-19-15-11-7-3)28-20-16-12-8-4;3*1-3-4-2;;;;;/h21-22,47H,5-20,25-28H2,1-4H3;3*1,3-4H2,2H3;3*1H3;;/b47-31?,48-41+;;;;;;;;. The van der Waals surface area contributed by atoms with E-state index in [9.17, 15) is 5.41 Å². The van der Waals surface area contributed by atoms with Crippen molar-refractivity contribution < 1.29 is 8.78 Å². The van der Waals surface area contributed by atoms with Gasteiger partial charge in [-0.15, -0.1) is 0 Å². The SMILES string of the molecule is CCCCCCC1(CCCCCC)C2=C(/C(=N/[Se])C(=N)[C]([Sn]([CH2]CCC)([CH2]CCC)[CH2]CCC)=C2)c2c(F)c3c(c(F)c21)-c1c(c[c]([Sn]([CH3])([CH3])[CH3])c2n[se]nc12)C3(CCCCCC)CCCCCC. The van der Waals surface area contributed by atoms with Crippen molar-refractivity contribution in [3.05, 3.63) is 55.2 Å². The second-order valence-electron chi connectivity index (χ2n) is 22.8. The molecule has 2 aromatic carbocycles. The van der Waals surface area contributed by atoms with Crippen LogP contribution in [0.1, 0.15) is 238 Å². The molecule has 3 aromatic rings. The van der Waals surface area contributed by atoms with Gasteiger partial charge in [0.2, 0.25) is 0 Å². The molecule has 0 spiro atoms. The van der Waals surface area contributed by atoms with E-state index in [1.807, 2.05) is 0 Å². The Morgan fingerprint density at radius 2 is 1.01 bits per heavy atom. The van der Waals surface area contributed by atoms with Gasteiger partial charge in [0.1, 0.15) is 0 Å². The molecular formula is C59H91F2N4Se2Sn2. The first-order valence-electron chi connectivity index (χ1n) is 28.4. The van der Waals surface area contributed by atoms with E-state index >= 15 is 8.78 Å². The molecule has 4 nitrogen and oxygen atoms in total. The molecule has 0 saturated carbocycles. The van der Waals surface area contributed by atoms with Crippen LogP contribution in [0.3, 0.4) is 0 Å². The third-order valence-electron chi connectivity index (χ3n) is 17.0. The quantitative estimate of drug-likeness (QED) is 0.0396. The number of allylic oxidation sites excluding steroid dienone is 4. The summed E-state index contributed by atoms with van der Waals surface area (Å²) in [7, 11) is 0. The van der Waals surface area contributed by atoms with Gasteiger partial charge in [-0.1, -0.05) is 0 Å². The van der Waals surface area contributed by atoms with E-state index in [1.54, 1.807) is 0 Å². The van der Waals surface area contributed by atoms with Crippen molar-refractivity contribution in [2.75, 3.05) is 0 Å². The monoisotopic (exact) mass is 1290 g/mol. The van der Waals surface area contributed by atoms with Crippen LogP contribution >= 0.6 is 0 Å². The zero-order valence-electron chi connectivity index (χ0n) is 45.1. The molecule has 1 heterocycles. The van der Waals surface area contributed by atoms with Crippen molar-refractivity contribution in [2.24, 2.45) is 4.01 Å². The molecule has 1 N–H and O–H groups in total. The van der Waals surface area contributed by atoms with E-state index in [0.29, 0.717) is 33.7 Å². The van der Waals surface area contributed by atoms with Crippen molar-refractivity contribution in [3.8, 4) is 11.1 Å². The molecule has 381 valence electrons. The first-order valence-corrected chi connectivity index (χ1v) is 48.2. The molecule has 3 aliphatic rings. The maximum atomic E-state index is 19.9. The molecule has 0 fully saturated rings. The number of hydrogen-bond acceptors (Lipinski definition) is 4. The van der Waals surface area contributed by atoms with E-state index in [0.717, 1.165) is 181 Å². The summed E-state index contributed by atoms with van der Waals surface area (Å²) < 4.78 is 61.5. The van der Waals surface area contributed by atoms with Gasteiger partial charge in [0.25, 0.3) is 0 Å². The molecule has 3 aliphatic carbocycles. The number of benzene rings is 2. The zero-order valence-corrected chi connectivity index (χ0v) is 54.2. The Kier molecular flexibility index (Phi) is 21.9. The molecular weight excluding hydrogens is 1200 g/mol. The van der Waals surface area contributed by atoms with Crippen LogP contribution in [0.4, 0.5) is 8.78 Å². The topological polar surface area (TPSA) is 62.0 Å². The molecule has 10 heteroatoms. The number of fused-ring (bicyclic) bond motifs is 7. The number of unbranched alkanes of at least 4 members (excludes halogenated alkanes) is 15. The minimum absolute atomic E-state index is 0.200. The average Bonchev–Trinajstić information content (AvgIpc) is 4.02. The van der Waals surface area contributed by atoms with E-state index in [2.05, 4.69) is 91.7 Å². The Balaban J connectivity index is 1.81. The van der Waals surface area contributed by atoms with Crippen LogP contribution < -0.4 is 3.58 Å². The van der Waals surface area contributed by atoms with Crippen LogP contribution in [0.25, 0.3) is 27.7 Å². The summed E-state index contributed by atoms with van der Waals surface area (Å²) in [5.41, 5.74) is 7.58. The van der Waals surface area contributed by atoms with E-state index in [-0.39, 0.29) is 26.6 Å². The van der Waals surface area contributed by atoms with Crippen LogP contribution in [0, 0.1) is 17.0 Å². The second-order valence-corrected chi connectivity index (χ2v) is 51.8. The summed E-state index contributed by atoms with van der Waals surface area (Å²) in [4.78, 5) is 7.40. The van der Waals surface area contributed by atoms with Crippen molar-refractivity contribution >= 4 is 99.6 Å². The fraction of sp³-hybridized carbons (Fsp3) is 0.695. The van der Waals surface area contributed by atoms with Crippen LogP contribution in [0.2, 0.25) is 28.1 Å². The molecule has 0 amide bonds. The Bertz CT molecular complexity index is 2290. The van der Waals surface area contributed by atoms with Gasteiger partial charge in [-0.05, 0) is 0 Å². The van der Waals surface area contributed by atoms with Gasteiger partial charge in [-0.2, -0.15) is 0 Å². The number of nitrogens with one attached hydrogen (secondary N) is 1. The third kappa shape index (κ3) is 11.5. The first kappa shape index (κ1) is 57.6. The fourth-order valence-corrected chi connectivity index (χ4v) is 36.0. The minimum atomic E-state index is -3.34. The summed E-state index contributed by atoms with van der Waals surface area (Å²) >= 11 is -3.47. The molecule has 0 bridgehead atoms. The molecule has 0 aliphatic heterocycles. The Morgan fingerprint density at radius 1 is 0.580 bits per heavy atom. The number of rotatable bonds is 31. The summed E-state index contributed by atoms with van der Waals surface area (Å²) in [6.07, 6.45) is 29.8. The van der Waals surface area contributed by atoms with Crippen LogP contribution in [-0.4, -0.2) is 87.3 Å². The van der Waals surface area contributed by atoms with Crippen molar-refractivity contribution in [1.29, 1.82) is 5.41 Å². The molecule has 69 heavy (non-hydrogen) atoms. The maximum absolute atomic E-state index is 19.9. The Hall–Kier alpha value is -0.644. The summed E-state index contributed by atoms with van der Waals surface area (Å²) in [5, 5.41) is 10.4. The second kappa shape index (κ2) is 26.2. The van der Waals surface area contributed by atoms with E-state index in [1.165, 1.54) is 39.7 Å². The molecule has 1 aromatic heterocycles. The van der Waals surface area contributed by atoms with Gasteiger partial charge in [0, 0.05) is 0 Å². The van der Waals surface area contributed by atoms with Crippen LogP contribution in [0.15, 0.2) is 25.3 Å². The predicted molar refractivity (Wildman–Crippen MR) is 303 cm³/mol. The molecule has 0 unspecified atom stereocenters. The van der Waals surface area contributed by atoms with Gasteiger partial charge in [-0.3, -0.25) is 0 Å². The van der Waals surface area contributed by atoms with Gasteiger partial charge in [0.15, 0.2) is 0 Å². The van der Waals surface area contributed by atoms with E-state index < -0.39 is 47.6 Å². The number of hydrogen-bond donors (Lipinski definition) is 1. The first-order chi connectivity index (χ1) is 33.3. The van der Waals surface area contributed by atoms with Crippen molar-refractivity contribution in [3.63, 3.8) is 0 Å². The van der Waals surface area contributed by atoms with Gasteiger partial charge >= 0.3 is 446 Å². The zero-order chi connectivity index (χ0) is 50.0. The van der Waals surface area contributed by atoms with Crippen LogP contribution in [0.5, 0.6) is 0 Å². The molecule has 0 atom stereocenters. The van der Waals surface area contributed by atoms with Crippen molar-refractivity contribution in [2.45, 2.75) is 254 Å². The molecule has 6 rings (SSSR count). The van der Waals surface area contributed by atoms with E-state index in [4.69, 9.17) is 12.0 Å². The van der Waals surface area contributed by atoms with Gasteiger partial charge in [-0.25, -0.2) is 0 Å². The molecule has 0 saturated heterocycles. The average molecular weight is 1290 g/mol. The predicted octanol–water partition coefficient (Wildman–Crippen LogP) is 17.5. The number of nitrogens with zero attached hydrogens (tertiary/aromatic N) is 3. The van der Waals surface area contributed by atoms with Gasteiger partial charge in [0.05, 0.1) is 0 Å².